The minimum absolute atomic E-state index is 0.0731. The lowest BCUT2D eigenvalue weighted by molar-refractivity contribution is 0.610. The summed E-state index contributed by atoms with van der Waals surface area (Å²) in [6.45, 7) is 0. The smallest absolute Gasteiger partial charge is 0.295 e. The van der Waals surface area contributed by atoms with Crippen LogP contribution < -0.4 is 5.56 Å². The molecule has 0 saturated heterocycles. The zero-order chi connectivity index (χ0) is 7.84. The first-order valence-electron chi connectivity index (χ1n) is 2.90. The molecule has 2 aromatic heterocycles. The van der Waals surface area contributed by atoms with Crippen molar-refractivity contribution in [3.63, 3.8) is 0 Å². The number of nitrogens with one attached hydrogen (secondary N) is 1. The third-order valence-electron chi connectivity index (χ3n) is 1.29. The highest BCUT2D eigenvalue weighted by Crippen LogP contribution is 2.08. The summed E-state index contributed by atoms with van der Waals surface area (Å²) in [5, 5.41) is 0.0731. The number of fused-ring (bicyclic) bond motifs is 1. The van der Waals surface area contributed by atoms with Gasteiger partial charge >= 0.3 is 0 Å². The van der Waals surface area contributed by atoms with Gasteiger partial charge in [-0.05, 0) is 11.6 Å². The fraction of sp³-hybridized carbons (Fsp3) is 0. The van der Waals surface area contributed by atoms with Crippen LogP contribution >= 0.6 is 11.6 Å². The number of H-pyrrole nitrogens is 1. The van der Waals surface area contributed by atoms with E-state index in [0.29, 0.717) is 5.52 Å². The Morgan fingerprint density at radius 3 is 3.27 bits per heavy atom. The van der Waals surface area contributed by atoms with Gasteiger partial charge in [-0.25, -0.2) is 4.98 Å². The average molecular weight is 171 g/mol. The van der Waals surface area contributed by atoms with E-state index in [9.17, 15) is 4.79 Å². The Bertz CT molecular complexity index is 445. The second-order valence-corrected chi connectivity index (χ2v) is 2.35. The van der Waals surface area contributed by atoms with E-state index in [-0.39, 0.29) is 16.4 Å². The molecule has 0 unspecified atom stereocenters. The van der Waals surface area contributed by atoms with Crippen LogP contribution in [-0.2, 0) is 0 Å². The van der Waals surface area contributed by atoms with Crippen molar-refractivity contribution >= 4 is 22.7 Å². The first-order valence-corrected chi connectivity index (χ1v) is 3.28. The van der Waals surface area contributed by atoms with Gasteiger partial charge in [0.25, 0.3) is 5.56 Å². The Morgan fingerprint density at radius 2 is 2.45 bits per heavy atom. The third kappa shape index (κ3) is 0.914. The summed E-state index contributed by atoms with van der Waals surface area (Å²) in [4.78, 5) is 17.1. The first kappa shape index (κ1) is 6.42. The molecule has 0 aliphatic rings. The molecule has 0 radical (unpaired) electrons. The molecule has 0 aliphatic heterocycles. The van der Waals surface area contributed by atoms with Crippen molar-refractivity contribution in [2.24, 2.45) is 0 Å². The van der Waals surface area contributed by atoms with E-state index in [2.05, 4.69) is 9.97 Å². The Labute approximate surface area is 65.8 Å². The highest BCUT2D eigenvalue weighted by Gasteiger charge is 2.03. The lowest BCUT2D eigenvalue weighted by Crippen LogP contribution is -2.05. The molecule has 11 heavy (non-hydrogen) atoms. The van der Waals surface area contributed by atoms with E-state index >= 15 is 0 Å². The Hall–Kier alpha value is -1.29. The molecule has 2 rings (SSSR count). The maximum absolute atomic E-state index is 11.0. The van der Waals surface area contributed by atoms with Crippen molar-refractivity contribution in [2.45, 2.75) is 0 Å². The van der Waals surface area contributed by atoms with Gasteiger partial charge in [0.1, 0.15) is 5.52 Å². The molecule has 1 N–H and O–H groups in total. The summed E-state index contributed by atoms with van der Waals surface area (Å²) < 4.78 is 4.84. The third-order valence-corrected chi connectivity index (χ3v) is 1.46. The van der Waals surface area contributed by atoms with E-state index in [4.69, 9.17) is 16.0 Å². The van der Waals surface area contributed by atoms with Crippen molar-refractivity contribution in [1.29, 1.82) is 0 Å². The number of rotatable bonds is 0. The summed E-state index contributed by atoms with van der Waals surface area (Å²) in [5.41, 5.74) is 0.318. The van der Waals surface area contributed by atoms with Crippen LogP contribution in [0.5, 0.6) is 0 Å². The monoisotopic (exact) mass is 170 g/mol. The Kier molecular flexibility index (Phi) is 1.22. The van der Waals surface area contributed by atoms with Crippen molar-refractivity contribution in [2.75, 3.05) is 0 Å². The molecule has 4 nitrogen and oxygen atoms in total. The molecule has 0 bridgehead atoms. The second kappa shape index (κ2) is 2.10. The van der Waals surface area contributed by atoms with Crippen molar-refractivity contribution in [3.05, 3.63) is 28.0 Å². The fourth-order valence-electron chi connectivity index (χ4n) is 0.845. The molecule has 2 heterocycles. The van der Waals surface area contributed by atoms with E-state index in [1.807, 2.05) is 0 Å². The lowest BCUT2D eigenvalue weighted by Gasteiger charge is -1.87. The number of nitrogens with zero attached hydrogens (tertiary/aromatic N) is 1. The van der Waals surface area contributed by atoms with Gasteiger partial charge in [0.2, 0.25) is 10.9 Å². The van der Waals surface area contributed by atoms with Crippen molar-refractivity contribution in [1.82, 2.24) is 9.97 Å². The van der Waals surface area contributed by atoms with Gasteiger partial charge in [-0.3, -0.25) is 9.78 Å². The lowest BCUT2D eigenvalue weighted by atomic mass is 10.5. The predicted molar refractivity (Wildman–Crippen MR) is 39.6 cm³/mol. The summed E-state index contributed by atoms with van der Waals surface area (Å²) in [7, 11) is 0. The van der Waals surface area contributed by atoms with Gasteiger partial charge in [-0.1, -0.05) is 0 Å². The molecule has 2 aromatic rings. The molecule has 0 saturated carbocycles. The standard InChI is InChI=1S/C6H3ClN2O2/c7-6-8-3-1-2-11-4(3)5(10)9-6/h1-2H,(H,8,9,10). The molecular weight excluding hydrogens is 168 g/mol. The average Bonchev–Trinajstić information content (AvgIpc) is 2.34. The van der Waals surface area contributed by atoms with Crippen LogP contribution in [-0.4, -0.2) is 9.97 Å². The van der Waals surface area contributed by atoms with Crippen LogP contribution in [0.3, 0.4) is 0 Å². The number of halogens is 1. The van der Waals surface area contributed by atoms with Crippen LogP contribution in [0.1, 0.15) is 0 Å². The molecule has 0 atom stereocenters. The fourth-order valence-corrected chi connectivity index (χ4v) is 1.02. The number of hydrogen-bond acceptors (Lipinski definition) is 3. The van der Waals surface area contributed by atoms with Crippen LogP contribution in [0.25, 0.3) is 11.1 Å². The van der Waals surface area contributed by atoms with Crippen molar-refractivity contribution in [3.8, 4) is 0 Å². The maximum atomic E-state index is 11.0. The SMILES string of the molecule is O=c1[nH]c(Cl)nc2ccoc12. The van der Waals surface area contributed by atoms with E-state index in [0.717, 1.165) is 0 Å². The summed E-state index contributed by atoms with van der Waals surface area (Å²) in [6, 6.07) is 1.58. The maximum Gasteiger partial charge on any atom is 0.295 e. The molecule has 0 spiro atoms. The highest BCUT2D eigenvalue weighted by atomic mass is 35.5. The number of aromatic nitrogens is 2. The summed E-state index contributed by atoms with van der Waals surface area (Å²) in [6.07, 6.45) is 1.39. The van der Waals surface area contributed by atoms with Crippen molar-refractivity contribution < 1.29 is 4.42 Å². The molecule has 0 fully saturated rings. The van der Waals surface area contributed by atoms with Gasteiger partial charge in [-0.15, -0.1) is 0 Å². The van der Waals surface area contributed by atoms with Gasteiger partial charge in [0.15, 0.2) is 0 Å². The number of aromatic amines is 1. The molecular formula is C6H3ClN2O2. The zero-order valence-corrected chi connectivity index (χ0v) is 6.05. The first-order chi connectivity index (χ1) is 5.27. The molecule has 56 valence electrons. The Morgan fingerprint density at radius 1 is 1.64 bits per heavy atom. The number of furan rings is 1. The minimum atomic E-state index is -0.356. The van der Waals surface area contributed by atoms with E-state index in [1.165, 1.54) is 6.26 Å². The van der Waals surface area contributed by atoms with Crippen LogP contribution in [0.15, 0.2) is 21.5 Å². The van der Waals surface area contributed by atoms with Crippen LogP contribution in [0.2, 0.25) is 5.28 Å². The van der Waals surface area contributed by atoms with Gasteiger partial charge in [0, 0.05) is 6.07 Å². The van der Waals surface area contributed by atoms with Crippen LogP contribution in [0, 0.1) is 0 Å². The Balaban J connectivity index is 3.02. The second-order valence-electron chi connectivity index (χ2n) is 1.99. The van der Waals surface area contributed by atoms with Gasteiger partial charge < -0.3 is 4.42 Å². The van der Waals surface area contributed by atoms with Crippen LogP contribution in [0.4, 0.5) is 0 Å². The topological polar surface area (TPSA) is 58.9 Å². The largest absolute Gasteiger partial charge is 0.457 e. The zero-order valence-electron chi connectivity index (χ0n) is 5.30. The molecule has 5 heteroatoms. The quantitative estimate of drug-likeness (QED) is 0.604. The molecule has 0 aliphatic carbocycles. The van der Waals surface area contributed by atoms with E-state index < -0.39 is 0 Å². The number of hydrogen-bond donors (Lipinski definition) is 1. The van der Waals surface area contributed by atoms with E-state index in [1.54, 1.807) is 6.07 Å². The summed E-state index contributed by atoms with van der Waals surface area (Å²) in [5.74, 6) is 0. The minimum Gasteiger partial charge on any atom is -0.457 e. The van der Waals surface area contributed by atoms with Gasteiger partial charge in [-0.2, -0.15) is 0 Å². The summed E-state index contributed by atoms with van der Waals surface area (Å²) >= 11 is 5.47. The van der Waals surface area contributed by atoms with Gasteiger partial charge in [0.05, 0.1) is 6.26 Å². The molecule has 0 amide bonds. The predicted octanol–water partition coefficient (Wildman–Crippen LogP) is 1.17. The molecule has 0 aromatic carbocycles. The highest BCUT2D eigenvalue weighted by molar-refractivity contribution is 6.28. The normalized spacial score (nSPS) is 10.6.